The zero-order valence-electron chi connectivity index (χ0n) is 14.2. The van der Waals surface area contributed by atoms with E-state index in [1.54, 1.807) is 14.2 Å². The molecule has 1 aliphatic heterocycles. The summed E-state index contributed by atoms with van der Waals surface area (Å²) in [7, 11) is 3.29. The fourth-order valence-electron chi connectivity index (χ4n) is 3.29. The van der Waals surface area contributed by atoms with Crippen molar-refractivity contribution in [3.8, 4) is 22.8 Å². The van der Waals surface area contributed by atoms with Crippen LogP contribution in [0.3, 0.4) is 0 Å². The number of ether oxygens (including phenoxy) is 2. The van der Waals surface area contributed by atoms with Gasteiger partial charge in [-0.15, -0.1) is 0 Å². The van der Waals surface area contributed by atoms with Crippen molar-refractivity contribution in [2.45, 2.75) is 6.92 Å². The predicted octanol–water partition coefficient (Wildman–Crippen LogP) is 5.32. The van der Waals surface area contributed by atoms with Crippen molar-refractivity contribution in [2.75, 3.05) is 19.5 Å². The second kappa shape index (κ2) is 5.93. The number of H-pyrrole nitrogens is 2. The van der Waals surface area contributed by atoms with Crippen molar-refractivity contribution in [2.24, 2.45) is 0 Å². The Labute approximate surface area is 150 Å². The van der Waals surface area contributed by atoms with E-state index in [4.69, 9.17) is 21.1 Å². The summed E-state index contributed by atoms with van der Waals surface area (Å²) in [4.78, 5) is 0. The Morgan fingerprint density at radius 3 is 2.36 bits per heavy atom. The largest absolute Gasteiger partial charge is 0.493 e. The zero-order chi connectivity index (χ0) is 17.6. The third-order valence-electron chi connectivity index (χ3n) is 4.48. The van der Waals surface area contributed by atoms with Crippen LogP contribution in [0.2, 0.25) is 5.02 Å². The van der Waals surface area contributed by atoms with E-state index in [1.807, 2.05) is 36.4 Å². The summed E-state index contributed by atoms with van der Waals surface area (Å²) < 4.78 is 10.9. The first kappa shape index (κ1) is 15.7. The van der Waals surface area contributed by atoms with Crippen LogP contribution in [0, 0.1) is 6.92 Å². The summed E-state index contributed by atoms with van der Waals surface area (Å²) >= 11 is 6.08. The molecule has 0 unspecified atom stereocenters. The molecule has 0 bridgehead atoms. The van der Waals surface area contributed by atoms with Gasteiger partial charge in [0.1, 0.15) is 5.82 Å². The smallest absolute Gasteiger partial charge is 0.161 e. The number of aromatic amines is 2. The Balaban J connectivity index is 1.86. The van der Waals surface area contributed by atoms with Crippen molar-refractivity contribution in [1.29, 1.82) is 0 Å². The molecule has 4 rings (SSSR count). The lowest BCUT2D eigenvalue weighted by Crippen LogP contribution is -1.92. The second-order valence-corrected chi connectivity index (χ2v) is 6.32. The molecular weight excluding hydrogens is 338 g/mol. The van der Waals surface area contributed by atoms with Gasteiger partial charge >= 0.3 is 0 Å². The summed E-state index contributed by atoms with van der Waals surface area (Å²) in [6, 6.07) is 11.6. The number of benzene rings is 2. The molecule has 2 aliphatic rings. The Morgan fingerprint density at radius 2 is 1.68 bits per heavy atom. The quantitative estimate of drug-likeness (QED) is 0.464. The fourth-order valence-corrected chi connectivity index (χ4v) is 3.48. The first-order valence-corrected chi connectivity index (χ1v) is 8.27. The maximum absolute atomic E-state index is 6.08. The average Bonchev–Trinajstić information content (AvgIpc) is 3.14. The number of halogens is 1. The molecule has 0 atom stereocenters. The monoisotopic (exact) mass is 355 g/mol. The van der Waals surface area contributed by atoms with Crippen LogP contribution < -0.4 is 14.8 Å². The molecule has 5 nitrogen and oxygen atoms in total. The SMILES string of the molecule is COc1cc2c3[nH][nH]c(Nc4cccc(Cl)c4)c-3c(C)c2cc1OC. The Bertz CT molecular complexity index is 1030. The van der Waals surface area contributed by atoms with Gasteiger partial charge in [0, 0.05) is 21.7 Å². The van der Waals surface area contributed by atoms with E-state index in [2.05, 4.69) is 22.4 Å². The van der Waals surface area contributed by atoms with E-state index in [1.165, 1.54) is 0 Å². The first-order chi connectivity index (χ1) is 12.1. The standard InChI is InChI=1S/C19H18ClN3O2/c1-10-13-8-15(24-2)16(25-3)9-14(13)18-17(10)19(23-22-18)21-12-6-4-5-11(20)7-12/h4-9,21-23H,1-3H3. The highest BCUT2D eigenvalue weighted by Gasteiger charge is 2.23. The minimum absolute atomic E-state index is 0.690. The van der Waals surface area contributed by atoms with Crippen LogP contribution in [-0.2, 0) is 0 Å². The van der Waals surface area contributed by atoms with Gasteiger partial charge in [0.2, 0.25) is 0 Å². The highest BCUT2D eigenvalue weighted by molar-refractivity contribution is 6.30. The van der Waals surface area contributed by atoms with E-state index in [9.17, 15) is 0 Å². The Kier molecular flexibility index (Phi) is 3.73. The van der Waals surface area contributed by atoms with Crippen LogP contribution in [0.15, 0.2) is 36.4 Å². The van der Waals surface area contributed by atoms with Crippen molar-refractivity contribution in [3.05, 3.63) is 47.0 Å². The van der Waals surface area contributed by atoms with Gasteiger partial charge in [0.15, 0.2) is 11.5 Å². The van der Waals surface area contributed by atoms with E-state index in [0.717, 1.165) is 44.8 Å². The van der Waals surface area contributed by atoms with Crippen LogP contribution >= 0.6 is 11.6 Å². The molecule has 2 aromatic carbocycles. The highest BCUT2D eigenvalue weighted by atomic mass is 35.5. The highest BCUT2D eigenvalue weighted by Crippen LogP contribution is 2.45. The van der Waals surface area contributed by atoms with Crippen molar-refractivity contribution >= 4 is 33.9 Å². The molecule has 1 heterocycles. The summed E-state index contributed by atoms with van der Waals surface area (Å²) in [5.74, 6) is 2.32. The number of rotatable bonds is 4. The first-order valence-electron chi connectivity index (χ1n) is 7.89. The van der Waals surface area contributed by atoms with Gasteiger partial charge in [0.05, 0.1) is 19.9 Å². The van der Waals surface area contributed by atoms with Crippen LogP contribution in [0.5, 0.6) is 11.5 Å². The van der Waals surface area contributed by atoms with E-state index in [-0.39, 0.29) is 0 Å². The number of hydrogen-bond donors (Lipinski definition) is 3. The maximum Gasteiger partial charge on any atom is 0.161 e. The number of methoxy groups -OCH3 is 2. The van der Waals surface area contributed by atoms with E-state index in [0.29, 0.717) is 10.8 Å². The van der Waals surface area contributed by atoms with E-state index >= 15 is 0 Å². The van der Waals surface area contributed by atoms with Crippen LogP contribution in [0.4, 0.5) is 11.5 Å². The van der Waals surface area contributed by atoms with E-state index < -0.39 is 0 Å². The second-order valence-electron chi connectivity index (χ2n) is 5.89. The third-order valence-corrected chi connectivity index (χ3v) is 4.71. The molecular formula is C19H18ClN3O2. The average molecular weight is 356 g/mol. The van der Waals surface area contributed by atoms with Gasteiger partial charge in [-0.1, -0.05) is 17.7 Å². The molecule has 2 aromatic rings. The Morgan fingerprint density at radius 1 is 0.960 bits per heavy atom. The minimum Gasteiger partial charge on any atom is -0.493 e. The zero-order valence-corrected chi connectivity index (χ0v) is 14.9. The number of aromatic nitrogens is 2. The lowest BCUT2D eigenvalue weighted by Gasteiger charge is -2.08. The molecule has 0 spiro atoms. The summed E-state index contributed by atoms with van der Waals surface area (Å²) in [6.07, 6.45) is 0. The lowest BCUT2D eigenvalue weighted by molar-refractivity contribution is 0.356. The number of aryl methyl sites for hydroxylation is 1. The number of nitrogens with one attached hydrogen (secondary N) is 3. The summed E-state index contributed by atoms with van der Waals surface area (Å²) in [5.41, 5.74) is 4.21. The predicted molar refractivity (Wildman–Crippen MR) is 102 cm³/mol. The number of anilines is 2. The topological polar surface area (TPSA) is 62.1 Å². The maximum atomic E-state index is 6.08. The van der Waals surface area contributed by atoms with Crippen LogP contribution in [-0.4, -0.2) is 24.4 Å². The van der Waals surface area contributed by atoms with Gasteiger partial charge < -0.3 is 14.8 Å². The molecule has 0 saturated heterocycles. The van der Waals surface area contributed by atoms with Gasteiger partial charge in [0.25, 0.3) is 0 Å². The molecule has 0 radical (unpaired) electrons. The molecule has 3 N–H and O–H groups in total. The van der Waals surface area contributed by atoms with Crippen molar-refractivity contribution < 1.29 is 9.47 Å². The van der Waals surface area contributed by atoms with Crippen LogP contribution in [0.1, 0.15) is 5.56 Å². The molecule has 1 aliphatic carbocycles. The summed E-state index contributed by atoms with van der Waals surface area (Å²) in [5, 5.41) is 12.8. The third kappa shape index (κ3) is 2.48. The van der Waals surface area contributed by atoms with Gasteiger partial charge in [-0.05, 0) is 48.2 Å². The minimum atomic E-state index is 0.690. The Hall–Kier alpha value is -2.79. The number of fused-ring (bicyclic) bond motifs is 3. The van der Waals surface area contributed by atoms with Gasteiger partial charge in [-0.3, -0.25) is 10.2 Å². The molecule has 0 aromatic heterocycles. The van der Waals surface area contributed by atoms with Crippen molar-refractivity contribution in [3.63, 3.8) is 0 Å². The summed E-state index contributed by atoms with van der Waals surface area (Å²) in [6.45, 7) is 2.10. The molecule has 25 heavy (non-hydrogen) atoms. The molecule has 0 amide bonds. The van der Waals surface area contributed by atoms with Crippen LogP contribution in [0.25, 0.3) is 22.0 Å². The fraction of sp³-hybridized carbons (Fsp3) is 0.158. The molecule has 0 saturated carbocycles. The lowest BCUT2D eigenvalue weighted by atomic mass is 10.1. The normalized spacial score (nSPS) is 11.2. The van der Waals surface area contributed by atoms with Crippen molar-refractivity contribution in [1.82, 2.24) is 10.2 Å². The molecule has 6 heteroatoms. The number of hydrogen-bond acceptors (Lipinski definition) is 3. The van der Waals surface area contributed by atoms with Gasteiger partial charge in [-0.2, -0.15) is 0 Å². The van der Waals surface area contributed by atoms with Gasteiger partial charge in [-0.25, -0.2) is 0 Å². The molecule has 128 valence electrons. The molecule has 0 fully saturated rings.